The van der Waals surface area contributed by atoms with E-state index in [-0.39, 0.29) is 39.5 Å². The van der Waals surface area contributed by atoms with E-state index in [1.165, 1.54) is 30.0 Å². The fraction of sp³-hybridized carbons (Fsp3) is 0.294. The maximum absolute atomic E-state index is 14.1. The molecule has 0 spiro atoms. The number of nitrogens with one attached hydrogen (secondary N) is 2. The molecule has 1 saturated heterocycles. The lowest BCUT2D eigenvalue weighted by molar-refractivity contribution is -0.137. The summed E-state index contributed by atoms with van der Waals surface area (Å²) in [7, 11) is 0. The van der Waals surface area contributed by atoms with E-state index in [4.69, 9.17) is 27.9 Å². The van der Waals surface area contributed by atoms with Crippen LogP contribution in [0.3, 0.4) is 0 Å². The topological polar surface area (TPSA) is 109 Å². The molecule has 7 atom stereocenters. The molecule has 2 aliphatic heterocycles. The van der Waals surface area contributed by atoms with E-state index >= 15 is 0 Å². The predicted molar refractivity (Wildman–Crippen MR) is 187 cm³/mol. The van der Waals surface area contributed by atoms with Gasteiger partial charge in [0, 0.05) is 31.8 Å². The molecule has 6 unspecified atom stereocenters. The highest BCUT2D eigenvalue weighted by Gasteiger charge is 2.70. The number of para-hydroxylation sites is 1. The summed E-state index contributed by atoms with van der Waals surface area (Å²) in [5.41, 5.74) is -0.399. The highest BCUT2D eigenvalue weighted by Crippen LogP contribution is 2.69. The number of ether oxygens (including phenoxy) is 1. The number of aromatic amines is 1. The fourth-order valence-electron chi connectivity index (χ4n) is 8.32. The number of hydrogen-bond donors (Lipinski definition) is 2. The third-order valence-corrected chi connectivity index (χ3v) is 13.9. The lowest BCUT2D eigenvalue weighted by Crippen LogP contribution is -2.42. The van der Waals surface area contributed by atoms with E-state index in [1.54, 1.807) is 24.3 Å². The molecule has 2 N–H and O–H groups in total. The van der Waals surface area contributed by atoms with E-state index in [0.717, 1.165) is 33.2 Å². The minimum absolute atomic E-state index is 0.219. The summed E-state index contributed by atoms with van der Waals surface area (Å²) in [5.74, 6) is -4.33. The Morgan fingerprint density at radius 2 is 1.74 bits per heavy atom. The monoisotopic (exact) mass is 823 g/mol. The molecule has 0 radical (unpaired) electrons. The number of imide groups is 1. The molecule has 3 heterocycles. The van der Waals surface area contributed by atoms with Crippen molar-refractivity contribution in [1.29, 1.82) is 0 Å². The van der Waals surface area contributed by atoms with Gasteiger partial charge in [-0.05, 0) is 72.7 Å². The molecule has 258 valence electrons. The minimum atomic E-state index is -4.77. The zero-order valence-electron chi connectivity index (χ0n) is 25.3. The van der Waals surface area contributed by atoms with Crippen molar-refractivity contribution < 1.29 is 32.3 Å². The second-order valence-corrected chi connectivity index (χ2v) is 16.6. The zero-order valence-corrected chi connectivity index (χ0v) is 30.0. The van der Waals surface area contributed by atoms with Crippen molar-refractivity contribution in [2.45, 2.75) is 28.8 Å². The van der Waals surface area contributed by atoms with Crippen LogP contribution in [0.1, 0.15) is 28.3 Å². The first kappa shape index (κ1) is 33.8. The first-order valence-electron chi connectivity index (χ1n) is 15.4. The molecule has 8 rings (SSSR count). The standard InChI is InChI=1S/C34H23BrCl2F3N3O5S2/c35-13-5-8-22(48-12-23(44)41-14-6-7-19(36)20(37)10-14)15(9-13)24-25-16-11-17(28(25)49-30-29(24)50-33(47)42-30)27-26(16)31(45)43(32(27)46)21-4-2-1-3-18(21)34(38,39)40/h1-10,16-17,24-28H,11-12H2,(H,41,44)(H,42,47)/t16?,17?,24-,25?,26?,27?,28?/m1/s1. The van der Waals surface area contributed by atoms with Crippen LogP contribution < -0.4 is 19.8 Å². The second-order valence-electron chi connectivity index (χ2n) is 12.6. The number of anilines is 2. The van der Waals surface area contributed by atoms with E-state index in [9.17, 15) is 32.3 Å². The normalized spacial score (nSPS) is 26.5. The molecule has 1 aromatic heterocycles. The predicted octanol–water partition coefficient (Wildman–Crippen LogP) is 8.22. The Labute approximate surface area is 308 Å². The largest absolute Gasteiger partial charge is 0.483 e. The SMILES string of the molecule is O=C(COc1ccc(Br)cc1[C@H]1c2sc(=O)[nH]c2SC2C3CC(C4C(=O)N(c5ccccc5C(F)(F)F)C(=O)C34)C21)Nc1ccc(Cl)c(Cl)c1. The summed E-state index contributed by atoms with van der Waals surface area (Å²) < 4.78 is 48.9. The molecule has 2 aliphatic carbocycles. The van der Waals surface area contributed by atoms with Crippen LogP contribution in [0.4, 0.5) is 24.5 Å². The number of alkyl halides is 3. The number of benzene rings is 3. The van der Waals surface area contributed by atoms with Crippen molar-refractivity contribution in [2.24, 2.45) is 29.6 Å². The molecule has 2 bridgehead atoms. The van der Waals surface area contributed by atoms with Crippen LogP contribution in [0.25, 0.3) is 0 Å². The van der Waals surface area contributed by atoms with Gasteiger partial charge in [0.25, 0.3) is 5.91 Å². The van der Waals surface area contributed by atoms with Gasteiger partial charge in [0.1, 0.15) is 5.75 Å². The highest BCUT2D eigenvalue weighted by atomic mass is 79.9. The number of carbonyl (C=O) groups is 3. The molecule has 4 aliphatic rings. The Kier molecular flexibility index (Phi) is 8.41. The molecular weight excluding hydrogens is 802 g/mol. The molecule has 3 fully saturated rings. The van der Waals surface area contributed by atoms with Crippen molar-refractivity contribution in [3.8, 4) is 5.75 Å². The van der Waals surface area contributed by atoms with Crippen molar-refractivity contribution in [3.05, 3.63) is 101 Å². The Hall–Kier alpha value is -3.30. The van der Waals surface area contributed by atoms with Crippen LogP contribution >= 0.6 is 62.2 Å². The van der Waals surface area contributed by atoms with Crippen LogP contribution in [-0.4, -0.2) is 34.6 Å². The van der Waals surface area contributed by atoms with Gasteiger partial charge in [-0.15, -0.1) is 11.8 Å². The molecule has 2 saturated carbocycles. The number of aromatic nitrogens is 1. The van der Waals surface area contributed by atoms with Gasteiger partial charge in [0.05, 0.1) is 38.2 Å². The average Bonchev–Trinajstić information content (AvgIpc) is 3.80. The lowest BCUT2D eigenvalue weighted by atomic mass is 9.68. The van der Waals surface area contributed by atoms with Crippen molar-refractivity contribution in [1.82, 2.24) is 4.98 Å². The zero-order chi connectivity index (χ0) is 35.2. The van der Waals surface area contributed by atoms with Crippen molar-refractivity contribution in [3.63, 3.8) is 0 Å². The summed E-state index contributed by atoms with van der Waals surface area (Å²) in [6.07, 6.45) is -4.23. The maximum Gasteiger partial charge on any atom is 0.418 e. The van der Waals surface area contributed by atoms with Gasteiger partial charge in [-0.2, -0.15) is 13.2 Å². The fourth-order valence-corrected chi connectivity index (χ4v) is 11.9. The second kappa shape index (κ2) is 12.4. The molecule has 16 heteroatoms. The van der Waals surface area contributed by atoms with Crippen molar-refractivity contribution >= 4 is 91.3 Å². The Morgan fingerprint density at radius 3 is 2.48 bits per heavy atom. The van der Waals surface area contributed by atoms with Crippen LogP contribution in [-0.2, 0) is 20.6 Å². The van der Waals surface area contributed by atoms with Crippen molar-refractivity contribution in [2.75, 3.05) is 16.8 Å². The van der Waals surface area contributed by atoms with E-state index < -0.39 is 52.9 Å². The molecule has 8 nitrogen and oxygen atoms in total. The molecule has 3 amide bonds. The Morgan fingerprint density at radius 1 is 1.00 bits per heavy atom. The van der Waals surface area contributed by atoms with E-state index in [0.29, 0.717) is 37.9 Å². The first-order chi connectivity index (χ1) is 23.8. The average molecular weight is 826 g/mol. The van der Waals surface area contributed by atoms with Gasteiger partial charge in [0.2, 0.25) is 11.8 Å². The van der Waals surface area contributed by atoms with Gasteiger partial charge in [-0.3, -0.25) is 19.2 Å². The number of thioether (sulfide) groups is 1. The van der Waals surface area contributed by atoms with Crippen LogP contribution in [0.5, 0.6) is 5.75 Å². The number of carbonyl (C=O) groups excluding carboxylic acids is 3. The van der Waals surface area contributed by atoms with Crippen LogP contribution in [0, 0.1) is 29.6 Å². The highest BCUT2D eigenvalue weighted by molar-refractivity contribution is 9.10. The molecule has 50 heavy (non-hydrogen) atoms. The smallest absolute Gasteiger partial charge is 0.418 e. The van der Waals surface area contributed by atoms with Crippen LogP contribution in [0.2, 0.25) is 10.0 Å². The Bertz CT molecular complexity index is 2160. The number of thiazole rings is 1. The van der Waals surface area contributed by atoms with Gasteiger partial charge >= 0.3 is 11.0 Å². The Balaban J connectivity index is 1.14. The molecular formula is C34H23BrCl2F3N3O5S2. The lowest BCUT2D eigenvalue weighted by Gasteiger charge is -2.43. The van der Waals surface area contributed by atoms with E-state index in [2.05, 4.69) is 26.2 Å². The number of H-pyrrole nitrogens is 1. The van der Waals surface area contributed by atoms with Gasteiger partial charge in [-0.1, -0.05) is 62.6 Å². The summed E-state index contributed by atoms with van der Waals surface area (Å²) in [5, 5.41) is 3.77. The number of halogens is 6. The maximum atomic E-state index is 14.1. The molecule has 3 aromatic carbocycles. The summed E-state index contributed by atoms with van der Waals surface area (Å²) in [6, 6.07) is 14.7. The quantitative estimate of drug-likeness (QED) is 0.190. The molecule has 4 aromatic rings. The summed E-state index contributed by atoms with van der Waals surface area (Å²) >= 11 is 18.1. The number of fused-ring (bicyclic) bond motifs is 9. The number of nitrogens with zero attached hydrogens (tertiary/aromatic N) is 1. The van der Waals surface area contributed by atoms with Gasteiger partial charge in [-0.25, -0.2) is 4.90 Å². The minimum Gasteiger partial charge on any atom is -0.483 e. The number of amides is 3. The number of hydrogen-bond acceptors (Lipinski definition) is 7. The van der Waals surface area contributed by atoms with Crippen LogP contribution in [0.15, 0.2) is 75.0 Å². The first-order valence-corrected chi connectivity index (χ1v) is 18.7. The number of rotatable bonds is 6. The van der Waals surface area contributed by atoms with E-state index in [1.807, 2.05) is 6.07 Å². The summed E-state index contributed by atoms with van der Waals surface area (Å²) in [6.45, 7) is -0.363. The third kappa shape index (κ3) is 5.49. The summed E-state index contributed by atoms with van der Waals surface area (Å²) in [4.78, 5) is 57.9. The third-order valence-electron chi connectivity index (χ3n) is 10.0. The van der Waals surface area contributed by atoms with Gasteiger partial charge < -0.3 is 15.0 Å². The van der Waals surface area contributed by atoms with Gasteiger partial charge in [0.15, 0.2) is 6.61 Å².